The molecule has 1 aromatic rings. The summed E-state index contributed by atoms with van der Waals surface area (Å²) < 4.78 is 5.15. The van der Waals surface area contributed by atoms with Crippen molar-refractivity contribution in [2.45, 2.75) is 13.3 Å². The van der Waals surface area contributed by atoms with Crippen molar-refractivity contribution in [3.05, 3.63) is 23.2 Å². The molecule has 0 radical (unpaired) electrons. The van der Waals surface area contributed by atoms with Gasteiger partial charge in [-0.25, -0.2) is 0 Å². The van der Waals surface area contributed by atoms with Gasteiger partial charge in [0.05, 0.1) is 12.1 Å². The van der Waals surface area contributed by atoms with E-state index in [1.165, 1.54) is 17.9 Å². The van der Waals surface area contributed by atoms with E-state index in [9.17, 15) is 0 Å². The third-order valence-electron chi connectivity index (χ3n) is 2.15. The van der Waals surface area contributed by atoms with Crippen molar-refractivity contribution in [1.82, 2.24) is 0 Å². The highest BCUT2D eigenvalue weighted by atomic mass is 35.5. The van der Waals surface area contributed by atoms with E-state index in [-0.39, 0.29) is 0 Å². The maximum Gasteiger partial charge on any atom is 0.139 e. The van der Waals surface area contributed by atoms with Crippen LogP contribution in [0.1, 0.15) is 13.3 Å². The van der Waals surface area contributed by atoms with Crippen LogP contribution in [0, 0.1) is 0 Å². The highest BCUT2D eigenvalue weighted by Crippen LogP contribution is 2.27. The van der Waals surface area contributed by atoms with Gasteiger partial charge >= 0.3 is 0 Å². The Balaban J connectivity index is 2.36. The van der Waals surface area contributed by atoms with Crippen LogP contribution in [0.25, 0.3) is 0 Å². The first kappa shape index (κ1) is 13.5. The summed E-state index contributed by atoms with van der Waals surface area (Å²) in [6.45, 7) is 3.17. The van der Waals surface area contributed by atoms with E-state index in [0.717, 1.165) is 18.0 Å². The van der Waals surface area contributed by atoms with Gasteiger partial charge in [0.25, 0.3) is 0 Å². The molecule has 0 atom stereocenters. The molecule has 0 aliphatic carbocycles. The lowest BCUT2D eigenvalue weighted by molar-refractivity contribution is 0.415. The lowest BCUT2D eigenvalue weighted by Crippen LogP contribution is -2.02. The molecule has 16 heavy (non-hydrogen) atoms. The Morgan fingerprint density at radius 3 is 2.94 bits per heavy atom. The molecule has 0 unspecified atom stereocenters. The number of thioether (sulfide) groups is 1. The van der Waals surface area contributed by atoms with Crippen molar-refractivity contribution >= 4 is 29.1 Å². The van der Waals surface area contributed by atoms with E-state index in [4.69, 9.17) is 16.3 Å². The quantitative estimate of drug-likeness (QED) is 0.751. The molecule has 1 aromatic carbocycles. The fraction of sp³-hybridized carbons (Fsp3) is 0.500. The minimum Gasteiger partial charge on any atom is -0.495 e. The van der Waals surface area contributed by atoms with Gasteiger partial charge in [-0.2, -0.15) is 11.8 Å². The topological polar surface area (TPSA) is 21.3 Å². The molecule has 0 fully saturated rings. The Bertz CT molecular complexity index is 320. The lowest BCUT2D eigenvalue weighted by Gasteiger charge is -2.09. The number of rotatable bonds is 7. The first-order chi connectivity index (χ1) is 7.77. The summed E-state index contributed by atoms with van der Waals surface area (Å²) in [6.07, 6.45) is 1.17. The Kier molecular flexibility index (Phi) is 6.50. The zero-order valence-electron chi connectivity index (χ0n) is 9.75. The molecular formula is C12H18ClNOS. The number of methoxy groups -OCH3 is 1. The second-order valence-electron chi connectivity index (χ2n) is 3.33. The van der Waals surface area contributed by atoms with E-state index in [0.29, 0.717) is 5.02 Å². The summed E-state index contributed by atoms with van der Waals surface area (Å²) in [7, 11) is 1.63. The van der Waals surface area contributed by atoms with Crippen molar-refractivity contribution in [2.75, 3.05) is 30.5 Å². The summed E-state index contributed by atoms with van der Waals surface area (Å²) in [6, 6.07) is 5.75. The van der Waals surface area contributed by atoms with Crippen molar-refractivity contribution in [2.24, 2.45) is 0 Å². The Labute approximate surface area is 107 Å². The van der Waals surface area contributed by atoms with Crippen LogP contribution in [0.3, 0.4) is 0 Å². The fourth-order valence-electron chi connectivity index (χ4n) is 1.32. The lowest BCUT2D eigenvalue weighted by atomic mass is 10.3. The van der Waals surface area contributed by atoms with E-state index >= 15 is 0 Å². The largest absolute Gasteiger partial charge is 0.495 e. The van der Waals surface area contributed by atoms with Gasteiger partial charge < -0.3 is 10.1 Å². The highest BCUT2D eigenvalue weighted by molar-refractivity contribution is 7.99. The van der Waals surface area contributed by atoms with Crippen LogP contribution >= 0.6 is 23.4 Å². The Hall–Kier alpha value is -0.540. The number of nitrogens with one attached hydrogen (secondary N) is 1. The van der Waals surface area contributed by atoms with Gasteiger partial charge in [0.2, 0.25) is 0 Å². The van der Waals surface area contributed by atoms with Gasteiger partial charge in [0.1, 0.15) is 5.75 Å². The average molecular weight is 260 g/mol. The van der Waals surface area contributed by atoms with Gasteiger partial charge in [-0.05, 0) is 30.1 Å². The third kappa shape index (κ3) is 4.54. The molecule has 0 spiro atoms. The molecule has 0 saturated carbocycles. The molecule has 0 saturated heterocycles. The number of halogens is 1. The monoisotopic (exact) mass is 259 g/mol. The molecule has 0 heterocycles. The Morgan fingerprint density at radius 1 is 1.44 bits per heavy atom. The molecule has 0 aromatic heterocycles. The summed E-state index contributed by atoms with van der Waals surface area (Å²) in [5, 5.41) is 4.00. The minimum atomic E-state index is 0.648. The molecule has 0 aliphatic rings. The van der Waals surface area contributed by atoms with E-state index < -0.39 is 0 Å². The van der Waals surface area contributed by atoms with Crippen LogP contribution < -0.4 is 10.1 Å². The highest BCUT2D eigenvalue weighted by Gasteiger charge is 2.00. The summed E-state index contributed by atoms with van der Waals surface area (Å²) in [5.41, 5.74) is 1.06. The third-order valence-corrected chi connectivity index (χ3v) is 3.45. The van der Waals surface area contributed by atoms with Crippen LogP contribution in [0.15, 0.2) is 18.2 Å². The SMILES string of the molecule is CCSCCCNc1ccc(Cl)c(OC)c1. The van der Waals surface area contributed by atoms with Crippen LogP contribution in [-0.4, -0.2) is 25.2 Å². The molecule has 1 rings (SSSR count). The van der Waals surface area contributed by atoms with Crippen LogP contribution in [-0.2, 0) is 0 Å². The molecular weight excluding hydrogens is 242 g/mol. The maximum absolute atomic E-state index is 5.94. The van der Waals surface area contributed by atoms with Gasteiger partial charge in [-0.1, -0.05) is 18.5 Å². The van der Waals surface area contributed by atoms with E-state index in [1.54, 1.807) is 7.11 Å². The predicted octanol–water partition coefficient (Wildman–Crippen LogP) is 3.90. The molecule has 1 N–H and O–H groups in total. The van der Waals surface area contributed by atoms with Gasteiger partial charge in [-0.3, -0.25) is 0 Å². The summed E-state index contributed by atoms with van der Waals surface area (Å²) >= 11 is 7.91. The van der Waals surface area contributed by atoms with Gasteiger partial charge in [-0.15, -0.1) is 0 Å². The van der Waals surface area contributed by atoms with Gasteiger partial charge in [0, 0.05) is 18.3 Å². The van der Waals surface area contributed by atoms with Crippen molar-refractivity contribution in [3.8, 4) is 5.75 Å². The zero-order valence-corrected chi connectivity index (χ0v) is 11.3. The summed E-state index contributed by atoms with van der Waals surface area (Å²) in [4.78, 5) is 0. The molecule has 0 aliphatic heterocycles. The van der Waals surface area contributed by atoms with Crippen molar-refractivity contribution in [1.29, 1.82) is 0 Å². The first-order valence-corrected chi connectivity index (χ1v) is 6.96. The predicted molar refractivity (Wildman–Crippen MR) is 74.1 cm³/mol. The molecule has 90 valence electrons. The number of hydrogen-bond acceptors (Lipinski definition) is 3. The zero-order chi connectivity index (χ0) is 11.8. The second kappa shape index (κ2) is 7.69. The standard InChI is InChI=1S/C12H18ClNOS/c1-3-16-8-4-7-14-10-5-6-11(13)12(9-10)15-2/h5-6,9,14H,3-4,7-8H2,1-2H3. The Morgan fingerprint density at radius 2 is 2.25 bits per heavy atom. The van der Waals surface area contributed by atoms with Gasteiger partial charge in [0.15, 0.2) is 0 Å². The number of benzene rings is 1. The summed E-state index contributed by atoms with van der Waals surface area (Å²) in [5.74, 6) is 3.11. The van der Waals surface area contributed by atoms with Crippen molar-refractivity contribution < 1.29 is 4.74 Å². The molecule has 0 amide bonds. The number of anilines is 1. The first-order valence-electron chi connectivity index (χ1n) is 5.43. The number of hydrogen-bond donors (Lipinski definition) is 1. The normalized spacial score (nSPS) is 10.2. The van der Waals surface area contributed by atoms with Crippen LogP contribution in [0.4, 0.5) is 5.69 Å². The number of ether oxygens (including phenoxy) is 1. The van der Waals surface area contributed by atoms with Crippen LogP contribution in [0.5, 0.6) is 5.75 Å². The van der Waals surface area contributed by atoms with E-state index in [2.05, 4.69) is 12.2 Å². The van der Waals surface area contributed by atoms with E-state index in [1.807, 2.05) is 30.0 Å². The molecule has 2 nitrogen and oxygen atoms in total. The average Bonchev–Trinajstić information content (AvgIpc) is 2.31. The smallest absolute Gasteiger partial charge is 0.139 e. The minimum absolute atomic E-state index is 0.648. The van der Waals surface area contributed by atoms with Crippen LogP contribution in [0.2, 0.25) is 5.02 Å². The molecule has 4 heteroatoms. The van der Waals surface area contributed by atoms with Crippen molar-refractivity contribution in [3.63, 3.8) is 0 Å². The molecule has 0 bridgehead atoms. The second-order valence-corrected chi connectivity index (χ2v) is 5.13. The maximum atomic E-state index is 5.94. The fourth-order valence-corrected chi connectivity index (χ4v) is 2.15.